The van der Waals surface area contributed by atoms with E-state index in [-0.39, 0.29) is 5.92 Å². The molecule has 1 heterocycles. The number of amides is 1. The molecule has 2 heteroatoms. The third-order valence-corrected chi connectivity index (χ3v) is 1.91. The molecule has 86 valence electrons. The highest BCUT2D eigenvalue weighted by Gasteiger charge is 2.19. The molecule has 1 amide bonds. The minimum Gasteiger partial charge on any atom is -0.342 e. The van der Waals surface area contributed by atoms with Crippen LogP contribution in [-0.4, -0.2) is 23.9 Å². The molecule has 1 saturated heterocycles. The Morgan fingerprint density at radius 2 is 1.36 bits per heavy atom. The molecule has 0 N–H and O–H groups in total. The smallest absolute Gasteiger partial charge is 0.225 e. The molecule has 1 aliphatic rings. The normalized spacial score (nSPS) is 14.1. The monoisotopic (exact) mass is 201 g/mol. The van der Waals surface area contributed by atoms with Crippen molar-refractivity contribution in [3.8, 4) is 0 Å². The Labute approximate surface area is 89.7 Å². The van der Waals surface area contributed by atoms with E-state index < -0.39 is 0 Å². The van der Waals surface area contributed by atoms with Crippen molar-refractivity contribution in [3.05, 3.63) is 0 Å². The van der Waals surface area contributed by atoms with Gasteiger partial charge in [-0.1, -0.05) is 41.5 Å². The Morgan fingerprint density at radius 1 is 1.00 bits per heavy atom. The Bertz CT molecular complexity index is 126. The summed E-state index contributed by atoms with van der Waals surface area (Å²) in [6.07, 6.45) is 2.39. The van der Waals surface area contributed by atoms with Crippen molar-refractivity contribution in [3.63, 3.8) is 0 Å². The molecule has 1 aliphatic heterocycles. The van der Waals surface area contributed by atoms with Crippen LogP contribution in [0.1, 0.15) is 54.4 Å². The van der Waals surface area contributed by atoms with E-state index in [1.54, 1.807) is 0 Å². The number of hydrogen-bond donors (Lipinski definition) is 0. The number of carbonyl (C=O) groups excluding carboxylic acids is 1. The van der Waals surface area contributed by atoms with Crippen molar-refractivity contribution >= 4 is 5.91 Å². The lowest BCUT2D eigenvalue weighted by atomic mass is 10.2. The zero-order valence-corrected chi connectivity index (χ0v) is 10.8. The van der Waals surface area contributed by atoms with Crippen LogP contribution in [0.5, 0.6) is 0 Å². The number of likely N-dealkylation sites (tertiary alicyclic amines) is 1. The fraction of sp³-hybridized carbons (Fsp3) is 0.917. The minimum atomic E-state index is 0.179. The SMILES string of the molecule is CC.CC.CC(C)C(=O)N1CCCC1. The predicted octanol–water partition coefficient (Wildman–Crippen LogP) is 3.32. The van der Waals surface area contributed by atoms with Gasteiger partial charge in [-0.25, -0.2) is 0 Å². The second-order valence-electron chi connectivity index (χ2n) is 3.19. The lowest BCUT2D eigenvalue weighted by Crippen LogP contribution is -2.31. The van der Waals surface area contributed by atoms with Gasteiger partial charge in [-0.3, -0.25) is 4.79 Å². The van der Waals surface area contributed by atoms with Crippen LogP contribution in [0, 0.1) is 5.92 Å². The largest absolute Gasteiger partial charge is 0.342 e. The van der Waals surface area contributed by atoms with Gasteiger partial charge in [0.15, 0.2) is 0 Å². The van der Waals surface area contributed by atoms with Gasteiger partial charge >= 0.3 is 0 Å². The first kappa shape index (κ1) is 15.9. The van der Waals surface area contributed by atoms with E-state index in [1.165, 1.54) is 12.8 Å². The highest BCUT2D eigenvalue weighted by Crippen LogP contribution is 2.10. The first-order valence-corrected chi connectivity index (χ1v) is 6.00. The summed E-state index contributed by atoms with van der Waals surface area (Å²) in [4.78, 5) is 13.2. The third kappa shape index (κ3) is 6.01. The first-order valence-electron chi connectivity index (χ1n) is 6.00. The summed E-state index contributed by atoms with van der Waals surface area (Å²) in [7, 11) is 0. The zero-order valence-electron chi connectivity index (χ0n) is 10.8. The number of nitrogens with zero attached hydrogens (tertiary/aromatic N) is 1. The van der Waals surface area contributed by atoms with Crippen molar-refractivity contribution in [2.24, 2.45) is 5.92 Å². The quantitative estimate of drug-likeness (QED) is 0.637. The van der Waals surface area contributed by atoms with E-state index in [1.807, 2.05) is 46.4 Å². The summed E-state index contributed by atoms with van der Waals surface area (Å²) >= 11 is 0. The summed E-state index contributed by atoms with van der Waals surface area (Å²) in [5.41, 5.74) is 0. The Balaban J connectivity index is 0. The summed E-state index contributed by atoms with van der Waals surface area (Å²) in [5, 5.41) is 0. The lowest BCUT2D eigenvalue weighted by Gasteiger charge is -2.17. The average Bonchev–Trinajstić information content (AvgIpc) is 2.75. The molecule has 2 nitrogen and oxygen atoms in total. The maximum Gasteiger partial charge on any atom is 0.225 e. The molecule has 0 spiro atoms. The molecule has 1 fully saturated rings. The first-order chi connectivity index (χ1) is 6.72. The van der Waals surface area contributed by atoms with Gasteiger partial charge in [0.1, 0.15) is 0 Å². The molecule has 0 bridgehead atoms. The molecule has 14 heavy (non-hydrogen) atoms. The van der Waals surface area contributed by atoms with Gasteiger partial charge < -0.3 is 4.90 Å². The Hall–Kier alpha value is -0.530. The van der Waals surface area contributed by atoms with E-state index >= 15 is 0 Å². The van der Waals surface area contributed by atoms with Crippen LogP contribution in [0.15, 0.2) is 0 Å². The van der Waals surface area contributed by atoms with E-state index in [9.17, 15) is 4.79 Å². The van der Waals surface area contributed by atoms with Crippen molar-refractivity contribution in [1.29, 1.82) is 0 Å². The minimum absolute atomic E-state index is 0.179. The van der Waals surface area contributed by atoms with E-state index in [2.05, 4.69) is 0 Å². The molecule has 0 aromatic heterocycles. The van der Waals surface area contributed by atoms with Crippen LogP contribution in [0.25, 0.3) is 0 Å². The standard InChI is InChI=1S/C8H15NO.2C2H6/c1-7(2)8(10)9-5-3-4-6-9;2*1-2/h7H,3-6H2,1-2H3;2*1-2H3. The molecule has 1 rings (SSSR count). The van der Waals surface area contributed by atoms with Crippen LogP contribution in [-0.2, 0) is 4.79 Å². The fourth-order valence-electron chi connectivity index (χ4n) is 1.30. The van der Waals surface area contributed by atoms with Gasteiger partial charge in [-0.05, 0) is 12.8 Å². The third-order valence-electron chi connectivity index (χ3n) is 1.91. The molecular formula is C12H27NO. The fourth-order valence-corrected chi connectivity index (χ4v) is 1.30. The van der Waals surface area contributed by atoms with Gasteiger partial charge in [0.05, 0.1) is 0 Å². The molecule has 0 unspecified atom stereocenters. The highest BCUT2D eigenvalue weighted by molar-refractivity contribution is 5.78. The van der Waals surface area contributed by atoms with Gasteiger partial charge in [-0.15, -0.1) is 0 Å². The molecule has 0 atom stereocenters. The number of hydrogen-bond acceptors (Lipinski definition) is 1. The van der Waals surface area contributed by atoms with Crippen LogP contribution in [0.3, 0.4) is 0 Å². The highest BCUT2D eigenvalue weighted by atomic mass is 16.2. The Morgan fingerprint density at radius 3 is 1.64 bits per heavy atom. The number of carbonyl (C=O) groups is 1. The predicted molar refractivity (Wildman–Crippen MR) is 63.3 cm³/mol. The van der Waals surface area contributed by atoms with Crippen LogP contribution < -0.4 is 0 Å². The Kier molecular flexibility index (Phi) is 12.0. The van der Waals surface area contributed by atoms with Crippen molar-refractivity contribution in [2.45, 2.75) is 54.4 Å². The maximum absolute atomic E-state index is 11.3. The lowest BCUT2D eigenvalue weighted by molar-refractivity contribution is -0.133. The average molecular weight is 201 g/mol. The topological polar surface area (TPSA) is 20.3 Å². The second-order valence-corrected chi connectivity index (χ2v) is 3.19. The van der Waals surface area contributed by atoms with Gasteiger partial charge in [0.2, 0.25) is 5.91 Å². The van der Waals surface area contributed by atoms with Gasteiger partial charge in [0.25, 0.3) is 0 Å². The van der Waals surface area contributed by atoms with Gasteiger partial charge in [-0.2, -0.15) is 0 Å². The van der Waals surface area contributed by atoms with Crippen LogP contribution >= 0.6 is 0 Å². The maximum atomic E-state index is 11.3. The van der Waals surface area contributed by atoms with E-state index in [0.717, 1.165) is 13.1 Å². The molecule has 0 aliphatic carbocycles. The molecule has 0 aromatic rings. The summed E-state index contributed by atoms with van der Waals surface area (Å²) < 4.78 is 0. The molecule has 0 radical (unpaired) electrons. The summed E-state index contributed by atoms with van der Waals surface area (Å²) in [6, 6.07) is 0. The molecule has 0 saturated carbocycles. The van der Waals surface area contributed by atoms with Gasteiger partial charge in [0, 0.05) is 19.0 Å². The van der Waals surface area contributed by atoms with E-state index in [0.29, 0.717) is 5.91 Å². The van der Waals surface area contributed by atoms with Crippen molar-refractivity contribution in [2.75, 3.05) is 13.1 Å². The zero-order chi connectivity index (χ0) is 11.6. The molecule has 0 aromatic carbocycles. The van der Waals surface area contributed by atoms with Crippen LogP contribution in [0.4, 0.5) is 0 Å². The van der Waals surface area contributed by atoms with Crippen LogP contribution in [0.2, 0.25) is 0 Å². The molecular weight excluding hydrogens is 174 g/mol. The second kappa shape index (κ2) is 10.6. The summed E-state index contributed by atoms with van der Waals surface area (Å²) in [5.74, 6) is 0.496. The van der Waals surface area contributed by atoms with E-state index in [4.69, 9.17) is 0 Å². The summed E-state index contributed by atoms with van der Waals surface area (Å²) in [6.45, 7) is 13.9. The number of rotatable bonds is 1. The van der Waals surface area contributed by atoms with Crippen molar-refractivity contribution in [1.82, 2.24) is 4.90 Å². The van der Waals surface area contributed by atoms with Crippen molar-refractivity contribution < 1.29 is 4.79 Å².